The van der Waals surface area contributed by atoms with Gasteiger partial charge >= 0.3 is 0 Å². The molecule has 0 radical (unpaired) electrons. The van der Waals surface area contributed by atoms with Gasteiger partial charge in [-0.2, -0.15) is 0 Å². The molecular formula is C16H25N. The van der Waals surface area contributed by atoms with Gasteiger partial charge in [0.15, 0.2) is 0 Å². The van der Waals surface area contributed by atoms with Crippen LogP contribution in [-0.4, -0.2) is 24.5 Å². The summed E-state index contributed by atoms with van der Waals surface area (Å²) in [5.74, 6) is 2.37. The van der Waals surface area contributed by atoms with Crippen LogP contribution < -0.4 is 0 Å². The molecule has 0 spiro atoms. The third kappa shape index (κ3) is 3.32. The molecule has 0 aliphatic carbocycles. The van der Waals surface area contributed by atoms with Gasteiger partial charge in [-0.05, 0) is 36.3 Å². The van der Waals surface area contributed by atoms with E-state index in [-0.39, 0.29) is 0 Å². The molecule has 17 heavy (non-hydrogen) atoms. The van der Waals surface area contributed by atoms with E-state index in [1.54, 1.807) is 0 Å². The van der Waals surface area contributed by atoms with Crippen molar-refractivity contribution < 1.29 is 0 Å². The highest BCUT2D eigenvalue weighted by molar-refractivity contribution is 5.20. The van der Waals surface area contributed by atoms with Crippen LogP contribution in [0.15, 0.2) is 30.3 Å². The van der Waals surface area contributed by atoms with E-state index >= 15 is 0 Å². The van der Waals surface area contributed by atoms with Crippen LogP contribution in [0.4, 0.5) is 0 Å². The Morgan fingerprint density at radius 2 is 1.88 bits per heavy atom. The lowest BCUT2D eigenvalue weighted by molar-refractivity contribution is 0.248. The highest BCUT2D eigenvalue weighted by Crippen LogP contribution is 2.28. The summed E-state index contributed by atoms with van der Waals surface area (Å²) >= 11 is 0. The van der Waals surface area contributed by atoms with E-state index in [9.17, 15) is 0 Å². The van der Waals surface area contributed by atoms with Crippen LogP contribution in [0, 0.1) is 11.8 Å². The van der Waals surface area contributed by atoms with Crippen LogP contribution in [0.25, 0.3) is 0 Å². The van der Waals surface area contributed by atoms with Gasteiger partial charge in [0.1, 0.15) is 0 Å². The van der Waals surface area contributed by atoms with E-state index in [1.807, 2.05) is 0 Å². The van der Waals surface area contributed by atoms with Crippen molar-refractivity contribution in [1.82, 2.24) is 4.90 Å². The molecule has 1 saturated heterocycles. The highest BCUT2D eigenvalue weighted by Gasteiger charge is 2.25. The number of rotatable bonds is 4. The molecule has 1 aromatic rings. The zero-order valence-corrected chi connectivity index (χ0v) is 11.4. The zero-order valence-electron chi connectivity index (χ0n) is 11.4. The molecule has 94 valence electrons. The quantitative estimate of drug-likeness (QED) is 0.762. The second-order valence-corrected chi connectivity index (χ2v) is 5.88. The van der Waals surface area contributed by atoms with E-state index in [1.165, 1.54) is 31.6 Å². The molecule has 1 fully saturated rings. The Bertz CT molecular complexity index is 331. The van der Waals surface area contributed by atoms with E-state index in [4.69, 9.17) is 0 Å². The minimum Gasteiger partial charge on any atom is -0.302 e. The van der Waals surface area contributed by atoms with Gasteiger partial charge in [-0.3, -0.25) is 0 Å². The Hall–Kier alpha value is -0.820. The average Bonchev–Trinajstić information content (AvgIpc) is 2.78. The molecular weight excluding hydrogens is 206 g/mol. The third-order valence-electron chi connectivity index (χ3n) is 4.23. The van der Waals surface area contributed by atoms with Crippen molar-refractivity contribution in [3.8, 4) is 0 Å². The highest BCUT2D eigenvalue weighted by atomic mass is 15.1. The molecule has 0 saturated carbocycles. The monoisotopic (exact) mass is 231 g/mol. The number of nitrogens with zero attached hydrogens (tertiary/aromatic N) is 1. The average molecular weight is 231 g/mol. The lowest BCUT2D eigenvalue weighted by Crippen LogP contribution is -2.28. The summed E-state index contributed by atoms with van der Waals surface area (Å²) in [6, 6.07) is 11.0. The lowest BCUT2D eigenvalue weighted by atomic mass is 9.97. The van der Waals surface area contributed by atoms with E-state index < -0.39 is 0 Å². The van der Waals surface area contributed by atoms with Crippen LogP contribution in [0.3, 0.4) is 0 Å². The summed E-state index contributed by atoms with van der Waals surface area (Å²) in [4.78, 5) is 2.64. The van der Waals surface area contributed by atoms with Crippen molar-refractivity contribution in [2.75, 3.05) is 19.6 Å². The molecule has 1 aliphatic heterocycles. The SMILES string of the molecule is CC(C)[C@H](C)CN1CCC(c2ccccc2)C1. The maximum absolute atomic E-state index is 2.64. The van der Waals surface area contributed by atoms with Crippen LogP contribution in [0.1, 0.15) is 38.7 Å². The lowest BCUT2D eigenvalue weighted by Gasteiger charge is -2.23. The number of hydrogen-bond donors (Lipinski definition) is 0. The first-order valence-electron chi connectivity index (χ1n) is 6.94. The van der Waals surface area contributed by atoms with Gasteiger partial charge in [-0.25, -0.2) is 0 Å². The molecule has 0 N–H and O–H groups in total. The Balaban J connectivity index is 1.88. The van der Waals surface area contributed by atoms with Crippen molar-refractivity contribution in [1.29, 1.82) is 0 Å². The summed E-state index contributed by atoms with van der Waals surface area (Å²) in [5.41, 5.74) is 1.52. The Morgan fingerprint density at radius 1 is 1.18 bits per heavy atom. The summed E-state index contributed by atoms with van der Waals surface area (Å²) in [6.45, 7) is 10.8. The summed E-state index contributed by atoms with van der Waals surface area (Å²) in [7, 11) is 0. The van der Waals surface area contributed by atoms with Crippen molar-refractivity contribution in [2.24, 2.45) is 11.8 Å². The molecule has 0 amide bonds. The molecule has 1 heterocycles. The van der Waals surface area contributed by atoms with Crippen LogP contribution in [0.2, 0.25) is 0 Å². The van der Waals surface area contributed by atoms with Gasteiger partial charge in [0.2, 0.25) is 0 Å². The second-order valence-electron chi connectivity index (χ2n) is 5.88. The molecule has 1 nitrogen and oxygen atoms in total. The predicted molar refractivity (Wildman–Crippen MR) is 74.2 cm³/mol. The summed E-state index contributed by atoms with van der Waals surface area (Å²) in [5, 5.41) is 0. The van der Waals surface area contributed by atoms with Gasteiger partial charge in [-0.1, -0.05) is 51.1 Å². The van der Waals surface area contributed by atoms with Gasteiger partial charge in [0, 0.05) is 13.1 Å². The smallest absolute Gasteiger partial charge is 0.00509 e. The van der Waals surface area contributed by atoms with Crippen molar-refractivity contribution in [3.63, 3.8) is 0 Å². The first kappa shape index (κ1) is 12.6. The third-order valence-corrected chi connectivity index (χ3v) is 4.23. The fourth-order valence-electron chi connectivity index (χ4n) is 2.61. The fraction of sp³-hybridized carbons (Fsp3) is 0.625. The van der Waals surface area contributed by atoms with Gasteiger partial charge in [0.05, 0.1) is 0 Å². The molecule has 1 heteroatoms. The molecule has 2 rings (SSSR count). The molecule has 0 bridgehead atoms. The van der Waals surface area contributed by atoms with E-state index in [0.29, 0.717) is 0 Å². The predicted octanol–water partition coefficient (Wildman–Crippen LogP) is 3.77. The second kappa shape index (κ2) is 5.68. The molecule has 1 unspecified atom stereocenters. The summed E-state index contributed by atoms with van der Waals surface area (Å²) < 4.78 is 0. The first-order chi connectivity index (χ1) is 8.16. The van der Waals surface area contributed by atoms with E-state index in [0.717, 1.165) is 17.8 Å². The number of likely N-dealkylation sites (tertiary alicyclic amines) is 1. The summed E-state index contributed by atoms with van der Waals surface area (Å²) in [6.07, 6.45) is 1.33. The fourth-order valence-corrected chi connectivity index (χ4v) is 2.61. The van der Waals surface area contributed by atoms with Gasteiger partial charge in [-0.15, -0.1) is 0 Å². The Labute approximate surface area is 106 Å². The number of benzene rings is 1. The first-order valence-corrected chi connectivity index (χ1v) is 6.94. The zero-order chi connectivity index (χ0) is 12.3. The maximum atomic E-state index is 2.64. The van der Waals surface area contributed by atoms with Gasteiger partial charge < -0.3 is 4.90 Å². The standard InChI is InChI=1S/C16H25N/c1-13(2)14(3)11-17-10-9-16(12-17)15-7-5-4-6-8-15/h4-8,13-14,16H,9-12H2,1-3H3/t14-,16?/m1/s1. The largest absolute Gasteiger partial charge is 0.302 e. The minimum absolute atomic E-state index is 0.760. The molecule has 0 aromatic heterocycles. The minimum atomic E-state index is 0.760. The van der Waals surface area contributed by atoms with Gasteiger partial charge in [0.25, 0.3) is 0 Å². The molecule has 2 atom stereocenters. The molecule has 1 aromatic carbocycles. The van der Waals surface area contributed by atoms with Crippen molar-refractivity contribution in [3.05, 3.63) is 35.9 Å². The van der Waals surface area contributed by atoms with Crippen molar-refractivity contribution in [2.45, 2.75) is 33.1 Å². The van der Waals surface area contributed by atoms with Crippen molar-refractivity contribution >= 4 is 0 Å². The molecule has 1 aliphatic rings. The normalized spacial score (nSPS) is 23.2. The topological polar surface area (TPSA) is 3.24 Å². The Morgan fingerprint density at radius 3 is 2.53 bits per heavy atom. The van der Waals surface area contributed by atoms with Crippen LogP contribution in [0.5, 0.6) is 0 Å². The maximum Gasteiger partial charge on any atom is 0.00509 e. The van der Waals surface area contributed by atoms with E-state index in [2.05, 4.69) is 56.0 Å². The van der Waals surface area contributed by atoms with Crippen LogP contribution in [-0.2, 0) is 0 Å². The Kier molecular flexibility index (Phi) is 4.22. The van der Waals surface area contributed by atoms with Crippen LogP contribution >= 0.6 is 0 Å². The number of hydrogen-bond acceptors (Lipinski definition) is 1.